The van der Waals surface area contributed by atoms with Crippen molar-refractivity contribution in [3.63, 3.8) is 0 Å². The number of hydrogen-bond acceptors (Lipinski definition) is 6. The summed E-state index contributed by atoms with van der Waals surface area (Å²) in [5.41, 5.74) is 0.682. The van der Waals surface area contributed by atoms with Crippen LogP contribution in [-0.2, 0) is 16.1 Å². The number of nitrogens with zero attached hydrogens (tertiary/aromatic N) is 1. The van der Waals surface area contributed by atoms with Crippen LogP contribution in [0.2, 0.25) is 0 Å². The van der Waals surface area contributed by atoms with E-state index in [1.54, 1.807) is 26.5 Å². The van der Waals surface area contributed by atoms with Gasteiger partial charge in [-0.2, -0.15) is 0 Å². The molecule has 0 aliphatic rings. The summed E-state index contributed by atoms with van der Waals surface area (Å²) >= 11 is 0. The maximum Gasteiger partial charge on any atom is 0.323 e. The Labute approximate surface area is 119 Å². The Bertz CT molecular complexity index is 449. The van der Waals surface area contributed by atoms with Crippen molar-refractivity contribution in [1.82, 2.24) is 10.3 Å². The highest BCUT2D eigenvalue weighted by Crippen LogP contribution is 2.28. The zero-order valence-corrected chi connectivity index (χ0v) is 12.6. The van der Waals surface area contributed by atoms with E-state index >= 15 is 0 Å². The maximum atomic E-state index is 11.7. The van der Waals surface area contributed by atoms with Crippen molar-refractivity contribution >= 4 is 5.97 Å². The Kier molecular flexibility index (Phi) is 6.24. The zero-order valence-electron chi connectivity index (χ0n) is 12.6. The van der Waals surface area contributed by atoms with Gasteiger partial charge in [-0.05, 0) is 5.92 Å². The van der Waals surface area contributed by atoms with E-state index in [9.17, 15) is 4.79 Å². The highest BCUT2D eigenvalue weighted by Gasteiger charge is 2.23. The molecule has 0 fully saturated rings. The average molecular weight is 282 g/mol. The van der Waals surface area contributed by atoms with E-state index in [2.05, 4.69) is 10.3 Å². The molecule has 0 bridgehead atoms. The zero-order chi connectivity index (χ0) is 15.1. The molecular weight excluding hydrogens is 260 g/mol. The summed E-state index contributed by atoms with van der Waals surface area (Å²) in [5, 5.41) is 3.14. The monoisotopic (exact) mass is 282 g/mol. The van der Waals surface area contributed by atoms with Gasteiger partial charge in [0.2, 0.25) is 0 Å². The van der Waals surface area contributed by atoms with Gasteiger partial charge in [0.15, 0.2) is 11.5 Å². The maximum absolute atomic E-state index is 11.7. The van der Waals surface area contributed by atoms with Gasteiger partial charge in [0.25, 0.3) is 0 Å². The van der Waals surface area contributed by atoms with Crippen LogP contribution in [0.25, 0.3) is 0 Å². The lowest BCUT2D eigenvalue weighted by Gasteiger charge is -2.20. The second-order valence-corrected chi connectivity index (χ2v) is 4.62. The predicted octanol–water partition coefficient (Wildman–Crippen LogP) is 1.39. The first-order valence-corrected chi connectivity index (χ1v) is 6.42. The van der Waals surface area contributed by atoms with Crippen LogP contribution in [0.3, 0.4) is 0 Å². The standard InChI is InChI=1S/C14H22N2O4/c1-9(2)12(14(17)20-5)16-8-10-13(19-4)11(18-3)6-7-15-10/h6-7,9,12,16H,8H2,1-5H3. The van der Waals surface area contributed by atoms with Crippen LogP contribution in [-0.4, -0.2) is 38.3 Å². The molecule has 0 aromatic carbocycles. The van der Waals surface area contributed by atoms with E-state index in [0.29, 0.717) is 23.7 Å². The third-order valence-corrected chi connectivity index (χ3v) is 2.98. The van der Waals surface area contributed by atoms with Crippen molar-refractivity contribution in [2.75, 3.05) is 21.3 Å². The van der Waals surface area contributed by atoms with E-state index in [4.69, 9.17) is 14.2 Å². The number of ether oxygens (including phenoxy) is 3. The molecule has 20 heavy (non-hydrogen) atoms. The number of methoxy groups -OCH3 is 3. The quantitative estimate of drug-likeness (QED) is 0.762. The van der Waals surface area contributed by atoms with Gasteiger partial charge in [-0.15, -0.1) is 0 Å². The molecule has 0 radical (unpaired) electrons. The first kappa shape index (κ1) is 16.2. The number of carbonyl (C=O) groups excluding carboxylic acids is 1. The summed E-state index contributed by atoms with van der Waals surface area (Å²) in [7, 11) is 4.51. The fourth-order valence-corrected chi connectivity index (χ4v) is 1.90. The molecule has 0 aliphatic carbocycles. The molecule has 6 heteroatoms. The second kappa shape index (κ2) is 7.69. The number of aromatic nitrogens is 1. The van der Waals surface area contributed by atoms with Gasteiger partial charge < -0.3 is 14.2 Å². The summed E-state index contributed by atoms with van der Waals surface area (Å²) < 4.78 is 15.3. The lowest BCUT2D eigenvalue weighted by Crippen LogP contribution is -2.41. The number of esters is 1. The number of rotatable bonds is 7. The third kappa shape index (κ3) is 3.84. The highest BCUT2D eigenvalue weighted by molar-refractivity contribution is 5.75. The lowest BCUT2D eigenvalue weighted by atomic mass is 10.0. The third-order valence-electron chi connectivity index (χ3n) is 2.98. The van der Waals surface area contributed by atoms with Crippen molar-refractivity contribution in [1.29, 1.82) is 0 Å². The lowest BCUT2D eigenvalue weighted by molar-refractivity contribution is -0.144. The minimum atomic E-state index is -0.391. The van der Waals surface area contributed by atoms with E-state index in [1.807, 2.05) is 13.8 Å². The van der Waals surface area contributed by atoms with Crippen LogP contribution < -0.4 is 14.8 Å². The fourth-order valence-electron chi connectivity index (χ4n) is 1.90. The molecule has 0 saturated heterocycles. The van der Waals surface area contributed by atoms with E-state index in [-0.39, 0.29) is 11.9 Å². The molecule has 1 atom stereocenters. The predicted molar refractivity (Wildman–Crippen MR) is 74.8 cm³/mol. The number of hydrogen-bond donors (Lipinski definition) is 1. The van der Waals surface area contributed by atoms with Crippen molar-refractivity contribution in [2.45, 2.75) is 26.4 Å². The normalized spacial score (nSPS) is 12.1. The molecule has 1 aromatic rings. The molecule has 0 aliphatic heterocycles. The van der Waals surface area contributed by atoms with Crippen molar-refractivity contribution < 1.29 is 19.0 Å². The highest BCUT2D eigenvalue weighted by atomic mass is 16.5. The second-order valence-electron chi connectivity index (χ2n) is 4.62. The van der Waals surface area contributed by atoms with E-state index < -0.39 is 6.04 Å². The van der Waals surface area contributed by atoms with Gasteiger partial charge in [-0.1, -0.05) is 13.8 Å². The molecular formula is C14H22N2O4. The molecule has 6 nitrogen and oxygen atoms in total. The summed E-state index contributed by atoms with van der Waals surface area (Å²) in [6.45, 7) is 4.29. The Morgan fingerprint density at radius 3 is 2.50 bits per heavy atom. The smallest absolute Gasteiger partial charge is 0.323 e. The van der Waals surface area contributed by atoms with Crippen LogP contribution in [0.5, 0.6) is 11.5 Å². The average Bonchev–Trinajstić information content (AvgIpc) is 2.46. The van der Waals surface area contributed by atoms with Gasteiger partial charge in [-0.25, -0.2) is 0 Å². The number of carbonyl (C=O) groups is 1. The molecule has 1 N–H and O–H groups in total. The Hall–Kier alpha value is -1.82. The van der Waals surface area contributed by atoms with Gasteiger partial charge >= 0.3 is 5.97 Å². The first-order valence-electron chi connectivity index (χ1n) is 6.42. The first-order chi connectivity index (χ1) is 9.54. The minimum Gasteiger partial charge on any atom is -0.493 e. The topological polar surface area (TPSA) is 69.7 Å². The van der Waals surface area contributed by atoms with Crippen molar-refractivity contribution in [2.24, 2.45) is 5.92 Å². The fraction of sp³-hybridized carbons (Fsp3) is 0.571. The van der Waals surface area contributed by atoms with Crippen LogP contribution in [0.1, 0.15) is 19.5 Å². The van der Waals surface area contributed by atoms with Gasteiger partial charge in [-0.3, -0.25) is 15.1 Å². The molecule has 1 unspecified atom stereocenters. The molecule has 0 amide bonds. The van der Waals surface area contributed by atoms with E-state index in [1.165, 1.54) is 7.11 Å². The molecule has 1 aromatic heterocycles. The molecule has 0 saturated carbocycles. The van der Waals surface area contributed by atoms with Gasteiger partial charge in [0.1, 0.15) is 6.04 Å². The Morgan fingerprint density at radius 1 is 1.30 bits per heavy atom. The van der Waals surface area contributed by atoms with Crippen LogP contribution in [0.4, 0.5) is 0 Å². The summed E-state index contributed by atoms with van der Waals surface area (Å²) in [4.78, 5) is 15.9. The molecule has 0 spiro atoms. The van der Waals surface area contributed by atoms with Crippen LogP contribution in [0, 0.1) is 5.92 Å². The van der Waals surface area contributed by atoms with Gasteiger partial charge in [0, 0.05) is 18.8 Å². The minimum absolute atomic E-state index is 0.110. The number of nitrogens with one attached hydrogen (secondary N) is 1. The summed E-state index contributed by atoms with van der Waals surface area (Å²) in [6, 6.07) is 1.33. The van der Waals surface area contributed by atoms with Crippen molar-refractivity contribution in [3.8, 4) is 11.5 Å². The summed E-state index contributed by atoms with van der Waals surface area (Å²) in [6.07, 6.45) is 1.64. The van der Waals surface area contributed by atoms with Crippen molar-refractivity contribution in [3.05, 3.63) is 18.0 Å². The largest absolute Gasteiger partial charge is 0.493 e. The van der Waals surface area contributed by atoms with Gasteiger partial charge in [0.05, 0.1) is 27.0 Å². The van der Waals surface area contributed by atoms with Crippen LogP contribution >= 0.6 is 0 Å². The SMILES string of the molecule is COC(=O)C(NCc1nccc(OC)c1OC)C(C)C. The Morgan fingerprint density at radius 2 is 2.00 bits per heavy atom. The van der Waals surface area contributed by atoms with E-state index in [0.717, 1.165) is 0 Å². The number of pyridine rings is 1. The molecule has 112 valence electrons. The molecule has 1 rings (SSSR count). The summed E-state index contributed by atoms with van der Waals surface area (Å²) in [5.74, 6) is 0.995. The Balaban J connectivity index is 2.85. The van der Waals surface area contributed by atoms with Crippen LogP contribution in [0.15, 0.2) is 12.3 Å². The molecule has 1 heterocycles.